The van der Waals surface area contributed by atoms with Gasteiger partial charge in [0.25, 0.3) is 0 Å². The highest BCUT2D eigenvalue weighted by atomic mass is 79.9. The van der Waals surface area contributed by atoms with Gasteiger partial charge in [-0.1, -0.05) is 15.9 Å². The maximum Gasteiger partial charge on any atom is 0.303 e. The van der Waals surface area contributed by atoms with Crippen molar-refractivity contribution in [2.75, 3.05) is 18.5 Å². The quantitative estimate of drug-likeness (QED) is 0.126. The Bertz CT molecular complexity index is 1230. The van der Waals surface area contributed by atoms with Gasteiger partial charge in [-0.3, -0.25) is 38.4 Å². The molecule has 4 unspecified atom stereocenters. The molecule has 48 heavy (non-hydrogen) atoms. The second-order valence-corrected chi connectivity index (χ2v) is 11.1. The lowest BCUT2D eigenvalue weighted by Gasteiger charge is -2.49. The van der Waals surface area contributed by atoms with Gasteiger partial charge in [0.1, 0.15) is 37.6 Å². The van der Waals surface area contributed by atoms with Crippen molar-refractivity contribution < 1.29 is 81.0 Å². The molecule has 0 spiro atoms. The Labute approximate surface area is 283 Å². The number of carbonyl (C=O) groups excluding carboxylic acids is 8. The van der Waals surface area contributed by atoms with Crippen LogP contribution in [0, 0.1) is 0 Å². The molecule has 0 aliphatic carbocycles. The molecule has 2 amide bonds. The van der Waals surface area contributed by atoms with E-state index in [0.717, 1.165) is 48.5 Å². The molecule has 19 nitrogen and oxygen atoms in total. The van der Waals surface area contributed by atoms with Crippen LogP contribution in [0.15, 0.2) is 0 Å². The summed E-state index contributed by atoms with van der Waals surface area (Å²) in [6.07, 6.45) is -13.8. The van der Waals surface area contributed by atoms with E-state index in [1.54, 1.807) is 0 Å². The fourth-order valence-corrected chi connectivity index (χ4v) is 5.10. The van der Waals surface area contributed by atoms with Crippen LogP contribution >= 0.6 is 15.9 Å². The van der Waals surface area contributed by atoms with Gasteiger partial charge in [-0.05, 0) is 0 Å². The summed E-state index contributed by atoms with van der Waals surface area (Å²) in [5, 5.41) is 4.89. The van der Waals surface area contributed by atoms with Crippen molar-refractivity contribution in [1.29, 1.82) is 0 Å². The topological polar surface area (TPSA) is 244 Å². The number of esters is 6. The molecular weight excluding hydrogens is 716 g/mol. The predicted octanol–water partition coefficient (Wildman–Crippen LogP) is -1.31. The molecule has 2 aliphatic rings. The molecule has 2 heterocycles. The largest absolute Gasteiger partial charge is 0.463 e. The van der Waals surface area contributed by atoms with Crippen molar-refractivity contribution in [1.82, 2.24) is 10.6 Å². The van der Waals surface area contributed by atoms with Crippen LogP contribution in [0.2, 0.25) is 0 Å². The third-order valence-corrected chi connectivity index (χ3v) is 6.99. The molecule has 2 saturated heterocycles. The lowest BCUT2D eigenvalue weighted by Crippen LogP contribution is -2.71. The highest BCUT2D eigenvalue weighted by molar-refractivity contribution is 9.09. The Kier molecular flexibility index (Phi) is 15.6. The summed E-state index contributed by atoms with van der Waals surface area (Å²) in [5.74, 6) is -6.29. The zero-order valence-corrected chi connectivity index (χ0v) is 28.8. The van der Waals surface area contributed by atoms with Crippen molar-refractivity contribution in [2.24, 2.45) is 0 Å². The van der Waals surface area contributed by atoms with Gasteiger partial charge in [0.05, 0.1) is 5.33 Å². The predicted molar refractivity (Wildman–Crippen MR) is 157 cm³/mol. The van der Waals surface area contributed by atoms with Crippen LogP contribution in [0.5, 0.6) is 0 Å². The van der Waals surface area contributed by atoms with Crippen molar-refractivity contribution in [3.8, 4) is 0 Å². The van der Waals surface area contributed by atoms with Crippen molar-refractivity contribution in [3.63, 3.8) is 0 Å². The highest BCUT2D eigenvalue weighted by Gasteiger charge is 2.57. The fraction of sp³-hybridized carbons (Fsp3) is 0.714. The minimum Gasteiger partial charge on any atom is -0.463 e. The molecule has 20 heteroatoms. The summed E-state index contributed by atoms with van der Waals surface area (Å²) in [6.45, 7) is 6.37. The third kappa shape index (κ3) is 12.3. The molecule has 270 valence electrons. The second-order valence-electron chi connectivity index (χ2n) is 10.6. The molecule has 10 atom stereocenters. The highest BCUT2D eigenvalue weighted by Crippen LogP contribution is 2.34. The van der Waals surface area contributed by atoms with E-state index < -0.39 is 122 Å². The van der Waals surface area contributed by atoms with Crippen LogP contribution in [0.25, 0.3) is 0 Å². The maximum absolute atomic E-state index is 12.4. The SMILES string of the molecule is CC(=O)NC1[C@H](NC(=O)CBr)OC(COC(C)=O)[C@H](O[C@@H]2OC(COC(C)=O)[C@H](OC(C)=O)[C@H](OC(C)=O)C2OC(C)=O)[C@@H]1OC(C)=O. The number of hydrogen-bond donors (Lipinski definition) is 2. The summed E-state index contributed by atoms with van der Waals surface area (Å²) in [6, 6.07) is -1.33. The first kappa shape index (κ1) is 40.3. The summed E-state index contributed by atoms with van der Waals surface area (Å²) in [4.78, 5) is 97.2. The number of hydrogen-bond acceptors (Lipinski definition) is 17. The first-order valence-corrected chi connectivity index (χ1v) is 15.6. The number of amides is 2. The Morgan fingerprint density at radius 2 is 1.02 bits per heavy atom. The van der Waals surface area contributed by atoms with Crippen LogP contribution in [0.1, 0.15) is 48.5 Å². The van der Waals surface area contributed by atoms with Gasteiger partial charge in [-0.2, -0.15) is 0 Å². The van der Waals surface area contributed by atoms with Gasteiger partial charge in [0.15, 0.2) is 36.9 Å². The summed E-state index contributed by atoms with van der Waals surface area (Å²) >= 11 is 3.02. The number of ether oxygens (including phenoxy) is 9. The van der Waals surface area contributed by atoms with Gasteiger partial charge in [0.2, 0.25) is 11.8 Å². The van der Waals surface area contributed by atoms with Crippen LogP contribution in [0.3, 0.4) is 0 Å². The normalized spacial score (nSPS) is 29.7. The summed E-state index contributed by atoms with van der Waals surface area (Å²) in [5.41, 5.74) is 0. The molecule has 2 aliphatic heterocycles. The van der Waals surface area contributed by atoms with Crippen molar-refractivity contribution >= 4 is 63.6 Å². The van der Waals surface area contributed by atoms with Gasteiger partial charge in [0, 0.05) is 48.5 Å². The first-order valence-electron chi connectivity index (χ1n) is 14.5. The molecule has 2 rings (SSSR count). The van der Waals surface area contributed by atoms with Gasteiger partial charge in [-0.25, -0.2) is 0 Å². The first-order chi connectivity index (χ1) is 22.4. The number of alkyl halides is 1. The molecule has 0 bridgehead atoms. The molecule has 0 aromatic heterocycles. The van der Waals surface area contributed by atoms with Crippen molar-refractivity contribution in [2.45, 2.75) is 110 Å². The third-order valence-electron chi connectivity index (χ3n) is 6.48. The zero-order valence-electron chi connectivity index (χ0n) is 27.2. The van der Waals surface area contributed by atoms with Gasteiger partial charge >= 0.3 is 35.8 Å². The number of carbonyl (C=O) groups is 8. The van der Waals surface area contributed by atoms with Crippen LogP contribution in [0.4, 0.5) is 0 Å². The molecule has 0 aromatic rings. The standard InChI is InChI=1S/C28H39BrN2O17/c1-11(32)30-21-24(43-15(5)36)22(18(9-40-12(2)33)46-27(21)31-20(39)8-29)48-28-26(45-17(7)38)25(44-16(6)37)23(42-14(4)35)19(47-28)10-41-13(3)34/h18-19,21-28H,8-10H2,1-7H3,(H,30,32)(H,31,39)/t18?,19?,21?,22-,23-,24+,25-,26?,27+,28-/m0/s1. The lowest BCUT2D eigenvalue weighted by molar-refractivity contribution is -0.339. The van der Waals surface area contributed by atoms with E-state index in [-0.39, 0.29) is 5.33 Å². The van der Waals surface area contributed by atoms with Gasteiger partial charge in [-0.15, -0.1) is 0 Å². The van der Waals surface area contributed by atoms with E-state index in [1.165, 1.54) is 0 Å². The monoisotopic (exact) mass is 754 g/mol. The van der Waals surface area contributed by atoms with E-state index in [1.807, 2.05) is 0 Å². The Hall–Kier alpha value is -3.88. The Morgan fingerprint density at radius 3 is 1.48 bits per heavy atom. The number of nitrogens with one attached hydrogen (secondary N) is 2. The van der Waals surface area contributed by atoms with Crippen LogP contribution in [-0.4, -0.2) is 127 Å². The second kappa shape index (κ2) is 18.6. The average molecular weight is 756 g/mol. The Morgan fingerprint density at radius 1 is 0.562 bits per heavy atom. The van der Waals surface area contributed by atoms with Crippen molar-refractivity contribution in [3.05, 3.63) is 0 Å². The lowest BCUT2D eigenvalue weighted by atomic mass is 9.94. The maximum atomic E-state index is 12.4. The Balaban J connectivity index is 2.74. The molecule has 2 fully saturated rings. The van der Waals surface area contributed by atoms with E-state index in [4.69, 9.17) is 42.6 Å². The summed E-state index contributed by atoms with van der Waals surface area (Å²) < 4.78 is 50.4. The van der Waals surface area contributed by atoms with E-state index in [9.17, 15) is 38.4 Å². The number of rotatable bonds is 13. The minimum absolute atomic E-state index is 0.183. The van der Waals surface area contributed by atoms with Crippen LogP contribution in [-0.2, 0) is 81.0 Å². The fourth-order valence-electron chi connectivity index (χ4n) is 4.94. The average Bonchev–Trinajstić information content (AvgIpc) is 2.95. The molecule has 0 radical (unpaired) electrons. The van der Waals surface area contributed by atoms with E-state index in [0.29, 0.717) is 0 Å². The minimum atomic E-state index is -1.79. The molecule has 2 N–H and O–H groups in total. The number of halogens is 1. The summed E-state index contributed by atoms with van der Waals surface area (Å²) in [7, 11) is 0. The zero-order chi connectivity index (χ0) is 36.3. The van der Waals surface area contributed by atoms with E-state index in [2.05, 4.69) is 26.6 Å². The molecule has 0 aromatic carbocycles. The molecule has 0 saturated carbocycles. The van der Waals surface area contributed by atoms with Crippen LogP contribution < -0.4 is 10.6 Å². The smallest absolute Gasteiger partial charge is 0.303 e. The van der Waals surface area contributed by atoms with Gasteiger partial charge < -0.3 is 53.3 Å². The molecular formula is C28H39BrN2O17. The van der Waals surface area contributed by atoms with E-state index >= 15 is 0 Å².